The van der Waals surface area contributed by atoms with E-state index in [0.717, 1.165) is 12.8 Å². The van der Waals surface area contributed by atoms with Gasteiger partial charge in [0.05, 0.1) is 0 Å². The topological polar surface area (TPSA) is 49.9 Å². The highest BCUT2D eigenvalue weighted by molar-refractivity contribution is 7.99. The minimum absolute atomic E-state index is 0.0120. The van der Waals surface area contributed by atoms with E-state index in [1.807, 2.05) is 0 Å². The van der Waals surface area contributed by atoms with Crippen molar-refractivity contribution in [1.29, 1.82) is 0 Å². The van der Waals surface area contributed by atoms with Crippen molar-refractivity contribution in [2.24, 2.45) is 0 Å². The number of rotatable bonds is 4. The van der Waals surface area contributed by atoms with Gasteiger partial charge in [-0.1, -0.05) is 11.8 Å². The van der Waals surface area contributed by atoms with Gasteiger partial charge in [0, 0.05) is 43.2 Å². The van der Waals surface area contributed by atoms with Gasteiger partial charge in [0.15, 0.2) is 0 Å². The molecule has 0 bridgehead atoms. The lowest BCUT2D eigenvalue weighted by atomic mass is 10.1. The van der Waals surface area contributed by atoms with Gasteiger partial charge in [0.2, 0.25) is 0 Å². The van der Waals surface area contributed by atoms with Gasteiger partial charge in [-0.15, -0.1) is 0 Å². The molecule has 0 unspecified atom stereocenters. The predicted octanol–water partition coefficient (Wildman–Crippen LogP) is 2.46. The van der Waals surface area contributed by atoms with Gasteiger partial charge in [-0.05, 0) is 37.1 Å². The number of hydrogen-bond donors (Lipinski definition) is 0. The lowest BCUT2D eigenvalue weighted by Gasteiger charge is -2.35. The van der Waals surface area contributed by atoms with Crippen molar-refractivity contribution >= 4 is 23.6 Å². The molecule has 2 heterocycles. The van der Waals surface area contributed by atoms with Crippen molar-refractivity contribution < 1.29 is 23.1 Å². The van der Waals surface area contributed by atoms with Crippen LogP contribution < -0.4 is 0 Å². The Labute approximate surface area is 149 Å². The number of carbonyl (C=O) groups excluding carboxylic acids is 2. The molecule has 0 saturated carbocycles. The molecule has 5 nitrogen and oxygen atoms in total. The molecule has 8 heteroatoms. The number of alkyl halides is 2. The zero-order valence-electron chi connectivity index (χ0n) is 13.7. The van der Waals surface area contributed by atoms with Crippen molar-refractivity contribution in [3.05, 3.63) is 29.8 Å². The molecule has 2 aliphatic rings. The largest absolute Gasteiger partial charge is 0.368 e. The van der Waals surface area contributed by atoms with Crippen LogP contribution in [0.3, 0.4) is 0 Å². The standard InChI is InChI=1S/C17H20F2N2O3S/c18-17(19)25-13-5-3-12(4-6-13)15(22)20-7-9-21(10-8-20)16(23)14-2-1-11-24-14/h3-6,14,17H,1-2,7-11H2/t14-/m0/s1. The van der Waals surface area contributed by atoms with Gasteiger partial charge >= 0.3 is 0 Å². The Morgan fingerprint density at radius 1 is 1.08 bits per heavy atom. The van der Waals surface area contributed by atoms with Crippen molar-refractivity contribution in [2.75, 3.05) is 32.8 Å². The van der Waals surface area contributed by atoms with Crippen molar-refractivity contribution in [3.8, 4) is 0 Å². The fourth-order valence-electron chi connectivity index (χ4n) is 3.07. The van der Waals surface area contributed by atoms with Crippen LogP contribution in [0, 0.1) is 0 Å². The van der Waals surface area contributed by atoms with Gasteiger partial charge < -0.3 is 14.5 Å². The predicted molar refractivity (Wildman–Crippen MR) is 89.8 cm³/mol. The Bertz CT molecular complexity index is 613. The number of amides is 2. The Balaban J connectivity index is 1.53. The average molecular weight is 370 g/mol. The number of thioether (sulfide) groups is 1. The van der Waals surface area contributed by atoms with E-state index >= 15 is 0 Å². The van der Waals surface area contributed by atoms with Crippen LogP contribution in [0.4, 0.5) is 8.78 Å². The summed E-state index contributed by atoms with van der Waals surface area (Å²) in [5, 5.41) is 0. The van der Waals surface area contributed by atoms with E-state index in [0.29, 0.717) is 55.0 Å². The number of hydrogen-bond acceptors (Lipinski definition) is 4. The molecule has 2 saturated heterocycles. The highest BCUT2D eigenvalue weighted by atomic mass is 32.2. The normalized spacial score (nSPS) is 21.0. The highest BCUT2D eigenvalue weighted by Gasteiger charge is 2.31. The van der Waals surface area contributed by atoms with Crippen LogP contribution >= 0.6 is 11.8 Å². The number of benzene rings is 1. The molecular formula is C17H20F2N2O3S. The lowest BCUT2D eigenvalue weighted by molar-refractivity contribution is -0.142. The minimum atomic E-state index is -2.48. The molecule has 1 atom stereocenters. The molecule has 0 aliphatic carbocycles. The summed E-state index contributed by atoms with van der Waals surface area (Å²) >= 11 is 0.456. The van der Waals surface area contributed by atoms with Crippen molar-refractivity contribution in [3.63, 3.8) is 0 Å². The molecule has 2 aliphatic heterocycles. The fourth-order valence-corrected chi connectivity index (χ4v) is 3.57. The second kappa shape index (κ2) is 8.14. The monoisotopic (exact) mass is 370 g/mol. The molecule has 1 aromatic carbocycles. The number of carbonyl (C=O) groups is 2. The fraction of sp³-hybridized carbons (Fsp3) is 0.529. The van der Waals surface area contributed by atoms with E-state index in [9.17, 15) is 18.4 Å². The zero-order valence-corrected chi connectivity index (χ0v) is 14.5. The summed E-state index contributed by atoms with van der Waals surface area (Å²) in [7, 11) is 0. The number of nitrogens with zero attached hydrogens (tertiary/aromatic N) is 2. The molecule has 0 aromatic heterocycles. The molecule has 25 heavy (non-hydrogen) atoms. The van der Waals surface area contributed by atoms with Gasteiger partial charge in [0.1, 0.15) is 6.10 Å². The van der Waals surface area contributed by atoms with Crippen molar-refractivity contribution in [1.82, 2.24) is 9.80 Å². The van der Waals surface area contributed by atoms with E-state index < -0.39 is 5.76 Å². The zero-order chi connectivity index (χ0) is 17.8. The molecule has 136 valence electrons. The third-order valence-corrected chi connectivity index (χ3v) is 5.13. The summed E-state index contributed by atoms with van der Waals surface area (Å²) in [5.74, 6) is -2.60. The van der Waals surface area contributed by atoms with Crippen LogP contribution in [0.15, 0.2) is 29.2 Å². The second-order valence-corrected chi connectivity index (χ2v) is 7.09. The third-order valence-electron chi connectivity index (χ3n) is 4.41. The van der Waals surface area contributed by atoms with Crippen LogP contribution in [0.25, 0.3) is 0 Å². The van der Waals surface area contributed by atoms with Gasteiger partial charge in [-0.3, -0.25) is 9.59 Å². The smallest absolute Gasteiger partial charge is 0.288 e. The first-order chi connectivity index (χ1) is 12.0. The van der Waals surface area contributed by atoms with E-state index in [1.165, 1.54) is 12.1 Å². The Hall–Kier alpha value is -1.67. The van der Waals surface area contributed by atoms with E-state index in [1.54, 1.807) is 21.9 Å². The summed E-state index contributed by atoms with van der Waals surface area (Å²) in [6.45, 7) is 2.54. The summed E-state index contributed by atoms with van der Waals surface area (Å²) in [6.07, 6.45) is 1.34. The number of piperazine rings is 1. The summed E-state index contributed by atoms with van der Waals surface area (Å²) in [5.41, 5.74) is 0.470. The minimum Gasteiger partial charge on any atom is -0.368 e. The molecule has 0 N–H and O–H groups in total. The summed E-state index contributed by atoms with van der Waals surface area (Å²) < 4.78 is 30.1. The molecule has 2 amide bonds. The van der Waals surface area contributed by atoms with E-state index in [2.05, 4.69) is 0 Å². The molecular weight excluding hydrogens is 350 g/mol. The molecule has 0 spiro atoms. The van der Waals surface area contributed by atoms with Crippen LogP contribution in [-0.4, -0.2) is 66.3 Å². The Morgan fingerprint density at radius 3 is 2.28 bits per heavy atom. The maximum Gasteiger partial charge on any atom is 0.288 e. The first-order valence-electron chi connectivity index (χ1n) is 8.29. The first-order valence-corrected chi connectivity index (χ1v) is 9.17. The van der Waals surface area contributed by atoms with Gasteiger partial charge in [0.25, 0.3) is 17.6 Å². The number of ether oxygens (including phenoxy) is 1. The highest BCUT2D eigenvalue weighted by Crippen LogP contribution is 2.25. The molecule has 2 fully saturated rings. The number of halogens is 2. The molecule has 0 radical (unpaired) electrons. The van der Waals surface area contributed by atoms with Crippen LogP contribution in [0.2, 0.25) is 0 Å². The maximum atomic E-state index is 12.5. The lowest BCUT2D eigenvalue weighted by Crippen LogP contribution is -2.52. The third kappa shape index (κ3) is 4.49. The van der Waals surface area contributed by atoms with Crippen LogP contribution in [-0.2, 0) is 9.53 Å². The van der Waals surface area contributed by atoms with E-state index in [4.69, 9.17) is 4.74 Å². The molecule has 1 aromatic rings. The first kappa shape index (κ1) is 18.1. The molecule has 3 rings (SSSR count). The second-order valence-electron chi connectivity index (χ2n) is 6.02. The Morgan fingerprint density at radius 2 is 1.72 bits per heavy atom. The average Bonchev–Trinajstić information content (AvgIpc) is 3.15. The quantitative estimate of drug-likeness (QED) is 0.764. The van der Waals surface area contributed by atoms with Crippen molar-refractivity contribution in [2.45, 2.75) is 29.6 Å². The van der Waals surface area contributed by atoms with Crippen LogP contribution in [0.1, 0.15) is 23.2 Å². The van der Waals surface area contributed by atoms with E-state index in [-0.39, 0.29) is 17.9 Å². The van der Waals surface area contributed by atoms with Gasteiger partial charge in [-0.2, -0.15) is 8.78 Å². The van der Waals surface area contributed by atoms with Gasteiger partial charge in [-0.25, -0.2) is 0 Å². The van der Waals surface area contributed by atoms with Crippen LogP contribution in [0.5, 0.6) is 0 Å². The Kier molecular flexibility index (Phi) is 5.90. The SMILES string of the molecule is O=C(c1ccc(SC(F)F)cc1)N1CCN(C(=O)[C@@H]2CCCO2)CC1. The summed E-state index contributed by atoms with van der Waals surface area (Å²) in [6, 6.07) is 6.19. The summed E-state index contributed by atoms with van der Waals surface area (Å²) in [4.78, 5) is 28.7. The maximum absolute atomic E-state index is 12.5.